The molecular formula is C26H37N3O3. The molecule has 174 valence electrons. The highest BCUT2D eigenvalue weighted by molar-refractivity contribution is 5.97. The Hall–Kier alpha value is -3.02. The Bertz CT molecular complexity index is 938. The van der Waals surface area contributed by atoms with Crippen molar-refractivity contribution in [2.75, 3.05) is 10.7 Å². The zero-order valence-electron chi connectivity index (χ0n) is 20.3. The van der Waals surface area contributed by atoms with Gasteiger partial charge < -0.3 is 10.1 Å². The number of amides is 2. The van der Waals surface area contributed by atoms with Gasteiger partial charge in [-0.25, -0.2) is 0 Å². The number of rotatable bonds is 11. The third kappa shape index (κ3) is 6.02. The lowest BCUT2D eigenvalue weighted by Gasteiger charge is -2.31. The van der Waals surface area contributed by atoms with Gasteiger partial charge in [0.25, 0.3) is 5.91 Å². The van der Waals surface area contributed by atoms with Gasteiger partial charge >= 0.3 is 0 Å². The molecule has 2 amide bonds. The van der Waals surface area contributed by atoms with Crippen LogP contribution in [0.4, 0.5) is 11.4 Å². The zero-order valence-corrected chi connectivity index (χ0v) is 20.3. The van der Waals surface area contributed by atoms with Gasteiger partial charge in [0, 0.05) is 5.56 Å². The van der Waals surface area contributed by atoms with Crippen LogP contribution < -0.4 is 20.9 Å². The SMILES string of the molecule is CCC(C)(C)c1ccc(OC(C)C(=O)Nc2ccccc2NNC=O)c(C(C)(C)CC)c1. The Balaban J connectivity index is 2.28. The van der Waals surface area contributed by atoms with Gasteiger partial charge in [0.1, 0.15) is 5.75 Å². The summed E-state index contributed by atoms with van der Waals surface area (Å²) in [5.74, 6) is 0.452. The number of nitrogens with one attached hydrogen (secondary N) is 3. The molecule has 1 atom stereocenters. The van der Waals surface area contributed by atoms with Crippen LogP contribution in [0, 0.1) is 0 Å². The van der Waals surface area contributed by atoms with E-state index in [0.29, 0.717) is 17.8 Å². The van der Waals surface area contributed by atoms with E-state index < -0.39 is 6.10 Å². The molecule has 6 nitrogen and oxygen atoms in total. The third-order valence-electron chi connectivity index (χ3n) is 6.38. The van der Waals surface area contributed by atoms with E-state index in [1.54, 1.807) is 19.1 Å². The van der Waals surface area contributed by atoms with Crippen LogP contribution in [0.25, 0.3) is 0 Å². The van der Waals surface area contributed by atoms with Gasteiger partial charge in [-0.15, -0.1) is 0 Å². The lowest BCUT2D eigenvalue weighted by Crippen LogP contribution is -2.32. The summed E-state index contributed by atoms with van der Waals surface area (Å²) in [5.41, 5.74) is 8.61. The first-order valence-corrected chi connectivity index (χ1v) is 11.2. The molecule has 0 saturated carbocycles. The van der Waals surface area contributed by atoms with Crippen LogP contribution in [-0.2, 0) is 20.4 Å². The Morgan fingerprint density at radius 3 is 2.22 bits per heavy atom. The third-order valence-corrected chi connectivity index (χ3v) is 6.38. The summed E-state index contributed by atoms with van der Waals surface area (Å²) in [5, 5.41) is 2.87. The molecule has 3 N–H and O–H groups in total. The predicted molar refractivity (Wildman–Crippen MR) is 131 cm³/mol. The fourth-order valence-corrected chi connectivity index (χ4v) is 3.26. The molecule has 0 aromatic heterocycles. The second-order valence-corrected chi connectivity index (χ2v) is 9.37. The van der Waals surface area contributed by atoms with Gasteiger partial charge in [0.15, 0.2) is 6.10 Å². The molecule has 0 radical (unpaired) electrons. The van der Waals surface area contributed by atoms with E-state index in [1.165, 1.54) is 5.56 Å². The molecular weight excluding hydrogens is 402 g/mol. The predicted octanol–water partition coefficient (Wildman–Crippen LogP) is 5.54. The van der Waals surface area contributed by atoms with Crippen molar-refractivity contribution in [1.82, 2.24) is 5.43 Å². The molecule has 0 aliphatic heterocycles. The number of carbonyl (C=O) groups is 2. The van der Waals surface area contributed by atoms with Gasteiger partial charge in [0.2, 0.25) is 6.41 Å². The maximum absolute atomic E-state index is 12.9. The summed E-state index contributed by atoms with van der Waals surface area (Å²) in [6, 6.07) is 13.5. The molecule has 0 spiro atoms. The van der Waals surface area contributed by atoms with Crippen molar-refractivity contribution in [2.45, 2.75) is 78.2 Å². The van der Waals surface area contributed by atoms with Crippen molar-refractivity contribution < 1.29 is 14.3 Å². The molecule has 2 aromatic rings. The number of benzene rings is 2. The van der Waals surface area contributed by atoms with Gasteiger partial charge in [0.05, 0.1) is 11.4 Å². The number of carbonyl (C=O) groups excluding carboxylic acids is 2. The Labute approximate surface area is 192 Å². The van der Waals surface area contributed by atoms with E-state index in [1.807, 2.05) is 18.2 Å². The molecule has 2 rings (SSSR count). The Morgan fingerprint density at radius 1 is 1.00 bits per heavy atom. The number of hydrogen-bond donors (Lipinski definition) is 3. The fraction of sp³-hybridized carbons (Fsp3) is 0.462. The highest BCUT2D eigenvalue weighted by Gasteiger charge is 2.28. The molecule has 2 aromatic carbocycles. The quantitative estimate of drug-likeness (QED) is 0.317. The summed E-state index contributed by atoms with van der Waals surface area (Å²) in [6.45, 7) is 15.0. The lowest BCUT2D eigenvalue weighted by molar-refractivity contribution is -0.122. The highest BCUT2D eigenvalue weighted by atomic mass is 16.5. The van der Waals surface area contributed by atoms with Crippen molar-refractivity contribution in [1.29, 1.82) is 0 Å². The second kappa shape index (κ2) is 10.5. The molecule has 0 aliphatic rings. The Morgan fingerprint density at radius 2 is 1.62 bits per heavy atom. The van der Waals surface area contributed by atoms with Crippen LogP contribution in [0.1, 0.15) is 72.4 Å². The average molecular weight is 440 g/mol. The van der Waals surface area contributed by atoms with Gasteiger partial charge in [-0.2, -0.15) is 0 Å². The normalized spacial score (nSPS) is 12.6. The lowest BCUT2D eigenvalue weighted by atomic mass is 9.76. The average Bonchev–Trinajstić information content (AvgIpc) is 2.78. The van der Waals surface area contributed by atoms with E-state index >= 15 is 0 Å². The monoisotopic (exact) mass is 439 g/mol. The summed E-state index contributed by atoms with van der Waals surface area (Å²) in [7, 11) is 0. The number of ether oxygens (including phenoxy) is 1. The molecule has 1 unspecified atom stereocenters. The first kappa shape index (κ1) is 25.2. The molecule has 0 bridgehead atoms. The van der Waals surface area contributed by atoms with Gasteiger partial charge in [-0.1, -0.05) is 65.8 Å². The van der Waals surface area contributed by atoms with Crippen molar-refractivity contribution in [2.24, 2.45) is 0 Å². The van der Waals surface area contributed by atoms with Crippen LogP contribution in [-0.4, -0.2) is 18.4 Å². The topological polar surface area (TPSA) is 79.5 Å². The van der Waals surface area contributed by atoms with E-state index in [2.05, 4.69) is 69.8 Å². The van der Waals surface area contributed by atoms with E-state index in [-0.39, 0.29) is 16.7 Å². The molecule has 0 aliphatic carbocycles. The van der Waals surface area contributed by atoms with Crippen LogP contribution in [0.15, 0.2) is 42.5 Å². The molecule has 6 heteroatoms. The maximum Gasteiger partial charge on any atom is 0.265 e. The summed E-state index contributed by atoms with van der Waals surface area (Å²) >= 11 is 0. The van der Waals surface area contributed by atoms with Crippen molar-refractivity contribution in [3.05, 3.63) is 53.6 Å². The van der Waals surface area contributed by atoms with Crippen molar-refractivity contribution in [3.63, 3.8) is 0 Å². The minimum absolute atomic E-state index is 0.0619. The van der Waals surface area contributed by atoms with Crippen LogP contribution >= 0.6 is 0 Å². The van der Waals surface area contributed by atoms with Crippen molar-refractivity contribution in [3.8, 4) is 5.75 Å². The van der Waals surface area contributed by atoms with Crippen LogP contribution in [0.3, 0.4) is 0 Å². The summed E-state index contributed by atoms with van der Waals surface area (Å²) in [4.78, 5) is 23.5. The smallest absolute Gasteiger partial charge is 0.265 e. The van der Waals surface area contributed by atoms with E-state index in [0.717, 1.165) is 24.2 Å². The van der Waals surface area contributed by atoms with Gasteiger partial charge in [-0.05, 0) is 54.4 Å². The number of anilines is 2. The second-order valence-electron chi connectivity index (χ2n) is 9.37. The molecule has 0 saturated heterocycles. The number of para-hydroxylation sites is 2. The van der Waals surface area contributed by atoms with E-state index in [4.69, 9.17) is 4.74 Å². The molecule has 32 heavy (non-hydrogen) atoms. The fourth-order valence-electron chi connectivity index (χ4n) is 3.26. The Kier molecular flexibility index (Phi) is 8.31. The largest absolute Gasteiger partial charge is 0.481 e. The van der Waals surface area contributed by atoms with Crippen molar-refractivity contribution >= 4 is 23.7 Å². The minimum Gasteiger partial charge on any atom is -0.481 e. The zero-order chi connectivity index (χ0) is 23.9. The number of hydrazine groups is 1. The first-order chi connectivity index (χ1) is 15.1. The standard InChI is InChI=1S/C26H37N3O3/c1-8-25(4,5)19-14-15-23(20(16-19)26(6,7)9-2)32-18(3)24(31)28-21-12-10-11-13-22(21)29-27-17-30/h10-18,29H,8-9H2,1-7H3,(H,27,30)(H,28,31). The van der Waals surface area contributed by atoms with Crippen LogP contribution in [0.2, 0.25) is 0 Å². The molecule has 0 heterocycles. The summed E-state index contributed by atoms with van der Waals surface area (Å²) < 4.78 is 6.19. The summed E-state index contributed by atoms with van der Waals surface area (Å²) in [6.07, 6.45) is 1.80. The molecule has 0 fully saturated rings. The number of hydrogen-bond acceptors (Lipinski definition) is 4. The van der Waals surface area contributed by atoms with E-state index in [9.17, 15) is 9.59 Å². The minimum atomic E-state index is -0.710. The first-order valence-electron chi connectivity index (χ1n) is 11.2. The van der Waals surface area contributed by atoms with Gasteiger partial charge in [-0.3, -0.25) is 20.4 Å². The van der Waals surface area contributed by atoms with Crippen LogP contribution in [0.5, 0.6) is 5.75 Å². The highest BCUT2D eigenvalue weighted by Crippen LogP contribution is 2.38. The maximum atomic E-state index is 12.9.